The van der Waals surface area contributed by atoms with E-state index >= 15 is 0 Å². The fraction of sp³-hybridized carbons (Fsp3) is 0.750. The molecule has 0 aromatic carbocycles. The van der Waals surface area contributed by atoms with Crippen LogP contribution in [0.25, 0.3) is 0 Å². The normalized spacial score (nSPS) is 22.1. The number of methoxy groups -OCH3 is 1. The van der Waals surface area contributed by atoms with Gasteiger partial charge in [-0.2, -0.15) is 5.10 Å². The highest BCUT2D eigenvalue weighted by Gasteiger charge is 2.31. The number of ether oxygens (including phenoxy) is 1. The molecule has 1 fully saturated rings. The number of nitrogens with one attached hydrogen (secondary N) is 1. The van der Waals surface area contributed by atoms with Crippen LogP contribution in [-0.2, 0) is 0 Å². The van der Waals surface area contributed by atoms with Gasteiger partial charge in [0.15, 0.2) is 11.9 Å². The van der Waals surface area contributed by atoms with E-state index in [4.69, 9.17) is 4.74 Å². The van der Waals surface area contributed by atoms with E-state index in [-0.39, 0.29) is 12.1 Å². The Labute approximate surface area is 101 Å². The van der Waals surface area contributed by atoms with Gasteiger partial charge in [0.05, 0.1) is 13.3 Å². The summed E-state index contributed by atoms with van der Waals surface area (Å²) in [6.45, 7) is 4.87. The van der Waals surface area contributed by atoms with E-state index in [1.54, 1.807) is 18.0 Å². The summed E-state index contributed by atoms with van der Waals surface area (Å²) < 4.78 is 21.5. The fourth-order valence-electron chi connectivity index (χ4n) is 2.34. The molecule has 0 bridgehead atoms. The summed E-state index contributed by atoms with van der Waals surface area (Å²) in [5.41, 5.74) is 0.557. The molecule has 0 saturated carbocycles. The molecule has 2 unspecified atom stereocenters. The van der Waals surface area contributed by atoms with Crippen LogP contribution in [-0.4, -0.2) is 29.5 Å². The minimum atomic E-state index is -1.06. The van der Waals surface area contributed by atoms with Crippen LogP contribution in [0.4, 0.5) is 4.39 Å². The van der Waals surface area contributed by atoms with E-state index in [1.165, 1.54) is 0 Å². The van der Waals surface area contributed by atoms with Crippen molar-refractivity contribution in [2.45, 2.75) is 44.9 Å². The van der Waals surface area contributed by atoms with Gasteiger partial charge in [0.25, 0.3) is 0 Å². The van der Waals surface area contributed by atoms with Crippen molar-refractivity contribution in [1.29, 1.82) is 0 Å². The minimum absolute atomic E-state index is 0.113. The maximum absolute atomic E-state index is 14.5. The van der Waals surface area contributed by atoms with E-state index in [0.29, 0.717) is 11.4 Å². The Kier molecular flexibility index (Phi) is 3.66. The first-order valence-electron chi connectivity index (χ1n) is 6.14. The second kappa shape index (κ2) is 5.04. The first kappa shape index (κ1) is 12.4. The third-order valence-electron chi connectivity index (χ3n) is 3.22. The second-order valence-electron chi connectivity index (χ2n) is 4.74. The first-order chi connectivity index (χ1) is 8.15. The van der Waals surface area contributed by atoms with Crippen molar-refractivity contribution in [2.24, 2.45) is 0 Å². The first-order valence-corrected chi connectivity index (χ1v) is 6.14. The molecule has 1 aromatic rings. The van der Waals surface area contributed by atoms with Crippen molar-refractivity contribution in [1.82, 2.24) is 15.1 Å². The molecule has 0 aliphatic carbocycles. The zero-order chi connectivity index (χ0) is 12.4. The SMILES string of the molecule is COc1cnn(C(C)C)c1C(F)C1CCCN1. The van der Waals surface area contributed by atoms with Gasteiger partial charge < -0.3 is 10.1 Å². The molecular formula is C12H20FN3O. The average molecular weight is 241 g/mol. The summed E-state index contributed by atoms with van der Waals surface area (Å²) in [4.78, 5) is 0. The molecule has 1 aromatic heterocycles. The van der Waals surface area contributed by atoms with Gasteiger partial charge in [-0.1, -0.05) is 0 Å². The van der Waals surface area contributed by atoms with Crippen LogP contribution in [0.3, 0.4) is 0 Å². The Morgan fingerprint density at radius 3 is 2.88 bits per heavy atom. The number of hydrogen-bond acceptors (Lipinski definition) is 3. The predicted molar refractivity (Wildman–Crippen MR) is 64.0 cm³/mol. The number of rotatable bonds is 4. The fourth-order valence-corrected chi connectivity index (χ4v) is 2.34. The van der Waals surface area contributed by atoms with Crippen LogP contribution in [0.2, 0.25) is 0 Å². The van der Waals surface area contributed by atoms with Crippen molar-refractivity contribution >= 4 is 0 Å². The third-order valence-corrected chi connectivity index (χ3v) is 3.22. The Hall–Kier alpha value is -1.10. The van der Waals surface area contributed by atoms with Crippen LogP contribution in [0, 0.1) is 0 Å². The van der Waals surface area contributed by atoms with Crippen LogP contribution >= 0.6 is 0 Å². The van der Waals surface area contributed by atoms with E-state index < -0.39 is 6.17 Å². The lowest BCUT2D eigenvalue weighted by Crippen LogP contribution is -2.28. The van der Waals surface area contributed by atoms with E-state index in [0.717, 1.165) is 19.4 Å². The van der Waals surface area contributed by atoms with E-state index in [9.17, 15) is 4.39 Å². The molecule has 2 atom stereocenters. The zero-order valence-corrected chi connectivity index (χ0v) is 10.6. The number of alkyl halides is 1. The molecule has 17 heavy (non-hydrogen) atoms. The van der Waals surface area contributed by atoms with Crippen molar-refractivity contribution in [3.05, 3.63) is 11.9 Å². The van der Waals surface area contributed by atoms with Gasteiger partial charge in [-0.15, -0.1) is 0 Å². The Bertz CT molecular complexity index is 372. The lowest BCUT2D eigenvalue weighted by molar-refractivity contribution is 0.242. The summed E-state index contributed by atoms with van der Waals surface area (Å²) in [5.74, 6) is 0.542. The lowest BCUT2D eigenvalue weighted by atomic mass is 10.1. The summed E-state index contributed by atoms with van der Waals surface area (Å²) >= 11 is 0. The summed E-state index contributed by atoms with van der Waals surface area (Å²) in [6.07, 6.45) is 2.44. The van der Waals surface area contributed by atoms with Gasteiger partial charge in [0.1, 0.15) is 5.69 Å². The molecule has 0 radical (unpaired) electrons. The van der Waals surface area contributed by atoms with Gasteiger partial charge in [0.2, 0.25) is 0 Å². The highest BCUT2D eigenvalue weighted by molar-refractivity contribution is 5.29. The van der Waals surface area contributed by atoms with Crippen LogP contribution in [0.15, 0.2) is 6.20 Å². The molecule has 1 aliphatic heterocycles. The van der Waals surface area contributed by atoms with Crippen LogP contribution < -0.4 is 10.1 Å². The lowest BCUT2D eigenvalue weighted by Gasteiger charge is -2.20. The third kappa shape index (κ3) is 2.29. The maximum Gasteiger partial charge on any atom is 0.163 e. The zero-order valence-electron chi connectivity index (χ0n) is 10.6. The number of halogens is 1. The van der Waals surface area contributed by atoms with Crippen molar-refractivity contribution in [3.8, 4) is 5.75 Å². The van der Waals surface area contributed by atoms with Gasteiger partial charge in [0, 0.05) is 12.1 Å². The monoisotopic (exact) mass is 241 g/mol. The molecule has 4 nitrogen and oxygen atoms in total. The molecule has 96 valence electrons. The van der Waals surface area contributed by atoms with Gasteiger partial charge in [-0.05, 0) is 33.2 Å². The average Bonchev–Trinajstić information content (AvgIpc) is 2.96. The molecule has 2 rings (SSSR count). The Morgan fingerprint density at radius 1 is 1.59 bits per heavy atom. The molecule has 0 amide bonds. The molecule has 1 aliphatic rings. The predicted octanol–water partition coefficient (Wildman–Crippen LogP) is 2.24. The number of aromatic nitrogens is 2. The van der Waals surface area contributed by atoms with E-state index in [2.05, 4.69) is 10.4 Å². The topological polar surface area (TPSA) is 39.1 Å². The van der Waals surface area contributed by atoms with Crippen molar-refractivity contribution < 1.29 is 9.13 Å². The van der Waals surface area contributed by atoms with Crippen molar-refractivity contribution in [2.75, 3.05) is 13.7 Å². The summed E-state index contributed by atoms with van der Waals surface area (Å²) in [5, 5.41) is 7.39. The number of nitrogens with zero attached hydrogens (tertiary/aromatic N) is 2. The molecule has 2 heterocycles. The Balaban J connectivity index is 2.30. The highest BCUT2D eigenvalue weighted by Crippen LogP contribution is 2.34. The highest BCUT2D eigenvalue weighted by atomic mass is 19.1. The van der Waals surface area contributed by atoms with E-state index in [1.807, 2.05) is 13.8 Å². The molecule has 5 heteroatoms. The standard InChI is InChI=1S/C12H20FN3O/c1-8(2)16-12(10(17-3)7-15-16)11(13)9-5-4-6-14-9/h7-9,11,14H,4-6H2,1-3H3. The molecular weight excluding hydrogens is 221 g/mol. The smallest absolute Gasteiger partial charge is 0.163 e. The Morgan fingerprint density at radius 2 is 2.35 bits per heavy atom. The van der Waals surface area contributed by atoms with Gasteiger partial charge in [-0.3, -0.25) is 4.68 Å². The summed E-state index contributed by atoms with van der Waals surface area (Å²) in [7, 11) is 1.56. The maximum atomic E-state index is 14.5. The second-order valence-corrected chi connectivity index (χ2v) is 4.74. The number of hydrogen-bond donors (Lipinski definition) is 1. The van der Waals surface area contributed by atoms with Crippen LogP contribution in [0.1, 0.15) is 44.6 Å². The van der Waals surface area contributed by atoms with Gasteiger partial charge in [-0.25, -0.2) is 4.39 Å². The van der Waals surface area contributed by atoms with Crippen molar-refractivity contribution in [3.63, 3.8) is 0 Å². The largest absolute Gasteiger partial charge is 0.493 e. The molecule has 0 spiro atoms. The van der Waals surface area contributed by atoms with Crippen LogP contribution in [0.5, 0.6) is 5.75 Å². The van der Waals surface area contributed by atoms with Gasteiger partial charge >= 0.3 is 0 Å². The minimum Gasteiger partial charge on any atom is -0.493 e. The molecule has 1 saturated heterocycles. The molecule has 1 N–H and O–H groups in total. The summed E-state index contributed by atoms with van der Waals surface area (Å²) in [6, 6.07) is 0.0200. The quantitative estimate of drug-likeness (QED) is 0.878.